The molecule has 0 amide bonds. The maximum absolute atomic E-state index is 10.7. The summed E-state index contributed by atoms with van der Waals surface area (Å²) in [6.07, 6.45) is 2.48. The van der Waals surface area contributed by atoms with Crippen LogP contribution in [0.4, 0.5) is 0 Å². The maximum atomic E-state index is 10.7. The molecule has 100 valence electrons. The zero-order valence-electron chi connectivity index (χ0n) is 11.5. The van der Waals surface area contributed by atoms with Gasteiger partial charge in [0.15, 0.2) is 0 Å². The van der Waals surface area contributed by atoms with Gasteiger partial charge >= 0.3 is 5.97 Å². The van der Waals surface area contributed by atoms with Crippen LogP contribution in [0.15, 0.2) is 24.3 Å². The number of carboxylic acid groups (broad SMARTS) is 1. The minimum absolute atomic E-state index is 0.348. The van der Waals surface area contributed by atoms with Gasteiger partial charge in [-0.05, 0) is 37.1 Å². The lowest BCUT2D eigenvalue weighted by Crippen LogP contribution is -2.24. The summed E-state index contributed by atoms with van der Waals surface area (Å²) in [7, 11) is 2.11. The Morgan fingerprint density at radius 3 is 2.44 bits per heavy atom. The zero-order valence-corrected chi connectivity index (χ0v) is 11.5. The number of carbonyl (C=O) groups is 1. The van der Waals surface area contributed by atoms with Crippen LogP contribution in [0.5, 0.6) is 0 Å². The molecule has 18 heavy (non-hydrogen) atoms. The third-order valence-corrected chi connectivity index (χ3v) is 3.06. The molecule has 0 heterocycles. The minimum Gasteiger partial charge on any atom is -0.478 e. The first kappa shape index (κ1) is 14.7. The molecule has 0 saturated heterocycles. The van der Waals surface area contributed by atoms with Crippen molar-refractivity contribution in [2.45, 2.75) is 33.2 Å². The van der Waals surface area contributed by atoms with Crippen LogP contribution in [0.1, 0.15) is 42.6 Å². The molecular weight excluding hydrogens is 226 g/mol. The van der Waals surface area contributed by atoms with Crippen LogP contribution in [-0.4, -0.2) is 29.6 Å². The Kier molecular flexibility index (Phi) is 5.86. The Balaban J connectivity index is 2.49. The van der Waals surface area contributed by atoms with Gasteiger partial charge < -0.3 is 10.0 Å². The Hall–Kier alpha value is -1.35. The largest absolute Gasteiger partial charge is 0.478 e. The first-order chi connectivity index (χ1) is 8.52. The molecule has 3 nitrogen and oxygen atoms in total. The van der Waals surface area contributed by atoms with Gasteiger partial charge in [0.2, 0.25) is 0 Å². The monoisotopic (exact) mass is 249 g/mol. The zero-order chi connectivity index (χ0) is 13.5. The summed E-state index contributed by atoms with van der Waals surface area (Å²) in [6, 6.07) is 7.12. The Morgan fingerprint density at radius 1 is 1.33 bits per heavy atom. The first-order valence-electron chi connectivity index (χ1n) is 6.53. The van der Waals surface area contributed by atoms with Crippen molar-refractivity contribution in [3.8, 4) is 0 Å². The van der Waals surface area contributed by atoms with E-state index >= 15 is 0 Å². The van der Waals surface area contributed by atoms with E-state index in [1.54, 1.807) is 12.1 Å². The van der Waals surface area contributed by atoms with Gasteiger partial charge in [-0.1, -0.05) is 32.4 Å². The van der Waals surface area contributed by atoms with E-state index in [4.69, 9.17) is 5.11 Å². The average Bonchev–Trinajstić information content (AvgIpc) is 2.29. The molecule has 0 bridgehead atoms. The summed E-state index contributed by atoms with van der Waals surface area (Å²) in [5.41, 5.74) is 1.51. The Morgan fingerprint density at radius 2 is 1.94 bits per heavy atom. The van der Waals surface area contributed by atoms with Crippen LogP contribution in [0.3, 0.4) is 0 Å². The molecule has 0 radical (unpaired) electrons. The number of aromatic carboxylic acids is 1. The maximum Gasteiger partial charge on any atom is 0.335 e. The molecule has 1 aromatic rings. The average molecular weight is 249 g/mol. The second-order valence-electron chi connectivity index (χ2n) is 5.09. The molecule has 0 aliphatic carbocycles. The van der Waals surface area contributed by atoms with Crippen molar-refractivity contribution in [2.24, 2.45) is 5.92 Å². The van der Waals surface area contributed by atoms with E-state index in [0.29, 0.717) is 11.5 Å². The van der Waals surface area contributed by atoms with Crippen molar-refractivity contribution < 1.29 is 9.90 Å². The number of benzene rings is 1. The van der Waals surface area contributed by atoms with Gasteiger partial charge in [-0.25, -0.2) is 4.79 Å². The van der Waals surface area contributed by atoms with Crippen molar-refractivity contribution in [2.75, 3.05) is 13.6 Å². The number of hydrogen-bond acceptors (Lipinski definition) is 2. The number of carboxylic acids is 1. The molecule has 1 unspecified atom stereocenters. The molecule has 0 fully saturated rings. The molecule has 1 aromatic carbocycles. The van der Waals surface area contributed by atoms with E-state index in [1.807, 2.05) is 12.1 Å². The first-order valence-corrected chi connectivity index (χ1v) is 6.53. The van der Waals surface area contributed by atoms with E-state index in [-0.39, 0.29) is 0 Å². The molecule has 0 aromatic heterocycles. The van der Waals surface area contributed by atoms with E-state index in [0.717, 1.165) is 18.7 Å². The third-order valence-electron chi connectivity index (χ3n) is 3.06. The van der Waals surface area contributed by atoms with Crippen LogP contribution in [0, 0.1) is 5.92 Å². The Bertz CT molecular complexity index is 373. The van der Waals surface area contributed by atoms with Crippen molar-refractivity contribution in [1.82, 2.24) is 4.90 Å². The lowest BCUT2D eigenvalue weighted by atomic mass is 10.1. The summed E-state index contributed by atoms with van der Waals surface area (Å²) in [6.45, 7) is 6.43. The van der Waals surface area contributed by atoms with Gasteiger partial charge in [0.05, 0.1) is 5.56 Å². The fraction of sp³-hybridized carbons (Fsp3) is 0.533. The van der Waals surface area contributed by atoms with Crippen LogP contribution >= 0.6 is 0 Å². The summed E-state index contributed by atoms with van der Waals surface area (Å²) in [5.74, 6) is -0.162. The van der Waals surface area contributed by atoms with Crippen LogP contribution in [-0.2, 0) is 6.54 Å². The molecule has 0 aliphatic rings. The van der Waals surface area contributed by atoms with Crippen LogP contribution < -0.4 is 0 Å². The number of nitrogens with zero attached hydrogens (tertiary/aromatic N) is 1. The quantitative estimate of drug-likeness (QED) is 0.806. The molecule has 1 rings (SSSR count). The van der Waals surface area contributed by atoms with Crippen molar-refractivity contribution in [1.29, 1.82) is 0 Å². The smallest absolute Gasteiger partial charge is 0.335 e. The molecule has 1 N–H and O–H groups in total. The fourth-order valence-electron chi connectivity index (χ4n) is 2.25. The second kappa shape index (κ2) is 7.17. The predicted molar refractivity (Wildman–Crippen MR) is 73.8 cm³/mol. The van der Waals surface area contributed by atoms with E-state index in [9.17, 15) is 4.79 Å². The molecular formula is C15H23NO2. The lowest BCUT2D eigenvalue weighted by Gasteiger charge is -2.21. The van der Waals surface area contributed by atoms with Gasteiger partial charge in [0, 0.05) is 13.1 Å². The van der Waals surface area contributed by atoms with Gasteiger partial charge in [0.1, 0.15) is 0 Å². The van der Waals surface area contributed by atoms with Gasteiger partial charge in [-0.2, -0.15) is 0 Å². The summed E-state index contributed by atoms with van der Waals surface area (Å²) in [5, 5.41) is 8.83. The van der Waals surface area contributed by atoms with Crippen LogP contribution in [0.2, 0.25) is 0 Å². The number of rotatable bonds is 7. The highest BCUT2D eigenvalue weighted by Gasteiger charge is 2.07. The highest BCUT2D eigenvalue weighted by molar-refractivity contribution is 5.87. The standard InChI is InChI=1S/C15H23NO2/c1-4-5-12(2)10-16(3)11-13-6-8-14(9-7-13)15(17)18/h6-9,12H,4-5,10-11H2,1-3H3,(H,17,18). The van der Waals surface area contributed by atoms with Crippen molar-refractivity contribution >= 4 is 5.97 Å². The third kappa shape index (κ3) is 4.88. The highest BCUT2D eigenvalue weighted by atomic mass is 16.4. The Labute approximate surface area is 109 Å². The summed E-state index contributed by atoms with van der Waals surface area (Å²) in [4.78, 5) is 13.0. The topological polar surface area (TPSA) is 40.5 Å². The summed E-state index contributed by atoms with van der Waals surface area (Å²) >= 11 is 0. The lowest BCUT2D eigenvalue weighted by molar-refractivity contribution is 0.0697. The number of hydrogen-bond donors (Lipinski definition) is 1. The molecule has 3 heteroatoms. The molecule has 0 spiro atoms. The fourth-order valence-corrected chi connectivity index (χ4v) is 2.25. The second-order valence-corrected chi connectivity index (χ2v) is 5.09. The van der Waals surface area contributed by atoms with E-state index < -0.39 is 5.97 Å². The molecule has 0 saturated carbocycles. The summed E-state index contributed by atoms with van der Waals surface area (Å²) < 4.78 is 0. The van der Waals surface area contributed by atoms with Crippen molar-refractivity contribution in [3.63, 3.8) is 0 Å². The molecule has 1 atom stereocenters. The highest BCUT2D eigenvalue weighted by Crippen LogP contribution is 2.10. The van der Waals surface area contributed by atoms with Gasteiger partial charge in [0.25, 0.3) is 0 Å². The SMILES string of the molecule is CCCC(C)CN(C)Cc1ccc(C(=O)O)cc1. The van der Waals surface area contributed by atoms with E-state index in [1.165, 1.54) is 12.8 Å². The minimum atomic E-state index is -0.869. The van der Waals surface area contributed by atoms with Crippen molar-refractivity contribution in [3.05, 3.63) is 35.4 Å². The van der Waals surface area contributed by atoms with Crippen LogP contribution in [0.25, 0.3) is 0 Å². The normalized spacial score (nSPS) is 12.7. The van der Waals surface area contributed by atoms with Gasteiger partial charge in [-0.3, -0.25) is 0 Å². The predicted octanol–water partition coefficient (Wildman–Crippen LogP) is 3.25. The molecule has 0 aliphatic heterocycles. The van der Waals surface area contributed by atoms with E-state index in [2.05, 4.69) is 25.8 Å². The van der Waals surface area contributed by atoms with Gasteiger partial charge in [-0.15, -0.1) is 0 Å².